The van der Waals surface area contributed by atoms with Crippen molar-refractivity contribution in [2.75, 3.05) is 6.61 Å². The number of ether oxygens (including phenoxy) is 1. The molecule has 0 fully saturated rings. The smallest absolute Gasteiger partial charge is 0.119 e. The predicted octanol–water partition coefficient (Wildman–Crippen LogP) is 42.2. The van der Waals surface area contributed by atoms with Crippen LogP contribution in [0.5, 0.6) is 5.75 Å². The summed E-state index contributed by atoms with van der Waals surface area (Å²) in [5, 5.41) is 0. The van der Waals surface area contributed by atoms with E-state index in [4.69, 9.17) is 4.74 Å². The summed E-state index contributed by atoms with van der Waals surface area (Å²) in [5.74, 6) is 1.59. The second kappa shape index (κ2) is 97.6. The van der Waals surface area contributed by atoms with Gasteiger partial charge in [0.05, 0.1) is 0 Å². The Bertz CT molecular complexity index is 1920. The van der Waals surface area contributed by atoms with Crippen LogP contribution in [0.1, 0.15) is 656 Å². The first-order valence-electron chi connectivity index (χ1n) is 54.1. The average Bonchev–Trinajstić information content (AvgIpc) is 0.891. The van der Waals surface area contributed by atoms with Crippen LogP contribution in [0.25, 0.3) is 0 Å². The lowest BCUT2D eigenvalue weighted by Gasteiger charge is -2.10. The molecule has 1 heteroatoms. The molecule has 668 valence electrons. The lowest BCUT2D eigenvalue weighted by Crippen LogP contribution is -1.96. The third-order valence-electron chi connectivity index (χ3n) is 26.9. The molecule has 0 N–H and O–H groups in total. The van der Waals surface area contributed by atoms with Crippen molar-refractivity contribution < 1.29 is 4.74 Å². The van der Waals surface area contributed by atoms with Crippen LogP contribution < -0.4 is 4.74 Å². The molecule has 0 spiro atoms. The van der Waals surface area contributed by atoms with E-state index in [0.717, 1.165) is 18.6 Å². The van der Waals surface area contributed by atoms with E-state index in [-0.39, 0.29) is 0 Å². The zero-order valence-electron chi connectivity index (χ0n) is 79.3. The van der Waals surface area contributed by atoms with Gasteiger partial charge in [-0.3, -0.25) is 0 Å². The zero-order valence-corrected chi connectivity index (χ0v) is 79.3. The molecule has 1 nitrogen and oxygen atoms in total. The summed E-state index contributed by atoms with van der Waals surface area (Å²) in [6.45, 7) is 12.1. The minimum Gasteiger partial charge on any atom is -0.490 e. The van der Waals surface area contributed by atoms with E-state index < -0.39 is 0 Å². The summed E-state index contributed by atoms with van der Waals surface area (Å²) in [4.78, 5) is 0. The van der Waals surface area contributed by atoms with Crippen LogP contribution in [0.15, 0.2) is 47.6 Å². The second-order valence-electron chi connectivity index (χ2n) is 38.4. The van der Waals surface area contributed by atoms with Gasteiger partial charge >= 0.3 is 0 Å². The van der Waals surface area contributed by atoms with Gasteiger partial charge in [0.2, 0.25) is 0 Å². The molecule has 0 saturated carbocycles. The summed E-state index contributed by atoms with van der Waals surface area (Å²) in [6.07, 6.45) is 145. The largest absolute Gasteiger partial charge is 0.490 e. The minimum absolute atomic E-state index is 0.614. The number of benzene rings is 1. The fraction of sp³-hybridized carbons (Fsp3) is 0.911. The molecule has 1 rings (SSSR count). The van der Waals surface area contributed by atoms with Crippen LogP contribution in [-0.4, -0.2) is 6.61 Å². The highest BCUT2D eigenvalue weighted by atomic mass is 16.5. The molecule has 0 aromatic heterocycles. The normalized spacial score (nSPS) is 12.4. The highest BCUT2D eigenvalue weighted by molar-refractivity contribution is 5.29. The molecular weight excluding hydrogens is 1360 g/mol. The van der Waals surface area contributed by atoms with Gasteiger partial charge in [0.15, 0.2) is 0 Å². The van der Waals surface area contributed by atoms with Gasteiger partial charge in [0, 0.05) is 0 Å². The van der Waals surface area contributed by atoms with Crippen molar-refractivity contribution in [1.29, 1.82) is 0 Å². The van der Waals surface area contributed by atoms with E-state index in [2.05, 4.69) is 71.0 Å². The van der Waals surface area contributed by atoms with Crippen LogP contribution in [0, 0.1) is 0 Å². The van der Waals surface area contributed by atoms with Gasteiger partial charge in [-0.2, -0.15) is 0 Å². The Labute approximate surface area is 716 Å². The Hall–Kier alpha value is -1.50. The van der Waals surface area contributed by atoms with Gasteiger partial charge in [-0.05, 0) is 75.6 Å². The van der Waals surface area contributed by atoms with E-state index in [1.54, 1.807) is 5.57 Å². The van der Waals surface area contributed by atoms with Crippen molar-refractivity contribution in [3.05, 3.63) is 53.1 Å². The summed E-state index contributed by atoms with van der Waals surface area (Å²) in [6, 6.07) is 8.67. The van der Waals surface area contributed by atoms with Crippen LogP contribution in [0.3, 0.4) is 0 Å². The molecule has 0 aliphatic heterocycles. The number of unbranched alkanes of at least 4 members (excludes halogenated alkanes) is 90. The maximum atomic E-state index is 5.98. The van der Waals surface area contributed by atoms with Crippen molar-refractivity contribution in [3.63, 3.8) is 0 Å². The second-order valence-corrected chi connectivity index (χ2v) is 38.4. The van der Waals surface area contributed by atoms with Gasteiger partial charge in [-0.15, -0.1) is 0 Å². The quantitative estimate of drug-likeness (QED) is 0.0467. The molecule has 0 aliphatic rings. The van der Waals surface area contributed by atoms with E-state index in [1.807, 2.05) is 0 Å². The zero-order chi connectivity index (χ0) is 80.7. The minimum atomic E-state index is 0.614. The maximum absolute atomic E-state index is 5.98. The monoisotopic (exact) mass is 1580 g/mol. The Morgan fingerprint density at radius 1 is 0.212 bits per heavy atom. The lowest BCUT2D eigenvalue weighted by molar-refractivity contribution is 0.361. The summed E-state index contributed by atoms with van der Waals surface area (Å²) in [5.41, 5.74) is 4.41. The number of rotatable bonds is 100. The van der Waals surface area contributed by atoms with E-state index in [0.29, 0.717) is 12.5 Å². The summed E-state index contributed by atoms with van der Waals surface area (Å²) < 4.78 is 5.98. The Morgan fingerprint density at radius 2 is 0.372 bits per heavy atom. The Kier molecular flexibility index (Phi) is 94.6. The van der Waals surface area contributed by atoms with Crippen LogP contribution in [0.2, 0.25) is 0 Å². The van der Waals surface area contributed by atoms with Gasteiger partial charge in [-0.25, -0.2) is 0 Å². The molecule has 113 heavy (non-hydrogen) atoms. The number of hydrogen-bond donors (Lipinski definition) is 0. The van der Waals surface area contributed by atoms with Crippen LogP contribution in [0.4, 0.5) is 0 Å². The van der Waals surface area contributed by atoms with Crippen molar-refractivity contribution in [2.45, 2.75) is 651 Å². The molecular formula is C112H214O. The fourth-order valence-corrected chi connectivity index (χ4v) is 18.4. The Morgan fingerprint density at radius 3 is 0.540 bits per heavy atom. The summed E-state index contributed by atoms with van der Waals surface area (Å²) >= 11 is 0. The molecule has 1 atom stereocenters. The first kappa shape index (κ1) is 110. The fourth-order valence-electron chi connectivity index (χ4n) is 18.4. The van der Waals surface area contributed by atoms with E-state index >= 15 is 0 Å². The highest BCUT2D eigenvalue weighted by Crippen LogP contribution is 2.26. The third kappa shape index (κ3) is 91.1. The predicted molar refractivity (Wildman–Crippen MR) is 518 cm³/mol. The van der Waals surface area contributed by atoms with Crippen LogP contribution >= 0.6 is 0 Å². The highest BCUT2D eigenvalue weighted by Gasteiger charge is 2.07. The van der Waals surface area contributed by atoms with E-state index in [1.165, 1.54) is 608 Å². The number of hydrogen-bond acceptors (Lipinski definition) is 1. The van der Waals surface area contributed by atoms with Gasteiger partial charge in [-0.1, -0.05) is 628 Å². The molecule has 0 heterocycles. The molecule has 1 unspecified atom stereocenters. The lowest BCUT2D eigenvalue weighted by atomic mass is 9.99. The molecule has 0 radical (unpaired) electrons. The third-order valence-corrected chi connectivity index (χ3v) is 26.9. The maximum Gasteiger partial charge on any atom is 0.119 e. The Balaban J connectivity index is 1.61. The molecule has 0 saturated heterocycles. The molecule has 1 aromatic carbocycles. The van der Waals surface area contributed by atoms with Crippen molar-refractivity contribution in [3.8, 4) is 5.75 Å². The van der Waals surface area contributed by atoms with Crippen molar-refractivity contribution in [1.82, 2.24) is 0 Å². The van der Waals surface area contributed by atoms with Gasteiger partial charge in [0.1, 0.15) is 12.4 Å². The number of allylic oxidation sites excluding steroid dienone is 3. The van der Waals surface area contributed by atoms with Crippen molar-refractivity contribution >= 4 is 0 Å². The van der Waals surface area contributed by atoms with Crippen molar-refractivity contribution in [2.24, 2.45) is 0 Å². The molecule has 0 bridgehead atoms. The SMILES string of the molecule is CCCCCCCCCCCCCCCCCCCCCCCCCCCCCCCCCCCCCCCCCCCCCCCCCCCCCCCCCCCCCCCCCCCCCCCCCCCCCCCCCCCCCCCCCCCCCC(C)=CCCC(C)=CCOc1ccc(C(C)CC)cc1. The first-order valence-corrected chi connectivity index (χ1v) is 54.1. The molecule has 1 aromatic rings. The molecule has 0 amide bonds. The van der Waals surface area contributed by atoms with Gasteiger partial charge in [0.25, 0.3) is 0 Å². The first-order chi connectivity index (χ1) is 56.1. The standard InChI is InChI=1S/C112H214O/c1-6-8-9-10-11-12-13-14-15-16-17-18-19-20-21-22-23-24-25-26-27-28-29-30-31-32-33-34-35-36-37-38-39-40-41-42-43-44-45-46-47-48-49-50-51-52-53-54-55-56-57-58-59-60-61-62-63-64-65-66-67-68-69-70-71-72-73-74-75-76-77-78-79-80-81-82-83-84-85-86-87-88-89-90-91-92-93-94-95-96-97-99-108(3)100-98-101-109(4)106-107-113-112-104-102-111(103-105-112)110(5)7-2/h100,102-106,110H,6-99,101,107H2,1-5H3. The summed E-state index contributed by atoms with van der Waals surface area (Å²) in [7, 11) is 0. The van der Waals surface area contributed by atoms with E-state index in [9.17, 15) is 0 Å². The average molecular weight is 1580 g/mol. The molecule has 0 aliphatic carbocycles. The van der Waals surface area contributed by atoms with Crippen LogP contribution in [-0.2, 0) is 0 Å². The van der Waals surface area contributed by atoms with Gasteiger partial charge < -0.3 is 4.74 Å². The topological polar surface area (TPSA) is 9.23 Å².